The van der Waals surface area contributed by atoms with Crippen LogP contribution in [-0.4, -0.2) is 36.3 Å². The summed E-state index contributed by atoms with van der Waals surface area (Å²) in [5.41, 5.74) is 9.28. The van der Waals surface area contributed by atoms with Gasteiger partial charge in [-0.25, -0.2) is 9.98 Å². The molecule has 1 aromatic heterocycles. The summed E-state index contributed by atoms with van der Waals surface area (Å²) in [6.45, 7) is 1.16. The number of nitrogens with two attached hydrogens (primary N) is 1. The zero-order valence-electron chi connectivity index (χ0n) is 16.1. The van der Waals surface area contributed by atoms with E-state index in [1.165, 1.54) is 0 Å². The van der Waals surface area contributed by atoms with E-state index in [0.717, 1.165) is 34.7 Å². The lowest BCUT2D eigenvalue weighted by atomic mass is 10.1. The van der Waals surface area contributed by atoms with Crippen LogP contribution in [0.15, 0.2) is 66.2 Å². The summed E-state index contributed by atoms with van der Waals surface area (Å²) in [6.07, 6.45) is 6.23. The van der Waals surface area contributed by atoms with Crippen molar-refractivity contribution in [3.05, 3.63) is 72.3 Å². The smallest absolute Gasteiger partial charge is 0.188 e. The largest absolute Gasteiger partial charge is 0.493 e. The molecule has 0 unspecified atom stereocenters. The quantitative estimate of drug-likeness (QED) is 0.464. The van der Waals surface area contributed by atoms with Crippen LogP contribution in [0, 0.1) is 0 Å². The Bertz CT molecular complexity index is 922. The van der Waals surface area contributed by atoms with Crippen molar-refractivity contribution < 1.29 is 9.47 Å². The second-order valence-corrected chi connectivity index (χ2v) is 6.17. The van der Waals surface area contributed by atoms with Gasteiger partial charge in [-0.05, 0) is 35.7 Å². The minimum atomic E-state index is 0.418. The molecule has 7 nitrogen and oxygen atoms in total. The van der Waals surface area contributed by atoms with E-state index in [0.29, 0.717) is 19.0 Å². The van der Waals surface area contributed by atoms with Crippen LogP contribution in [0.2, 0.25) is 0 Å². The molecule has 0 aliphatic carbocycles. The van der Waals surface area contributed by atoms with Gasteiger partial charge in [0.25, 0.3) is 0 Å². The van der Waals surface area contributed by atoms with Crippen LogP contribution < -0.4 is 20.5 Å². The molecule has 3 rings (SSSR count). The highest BCUT2D eigenvalue weighted by Crippen LogP contribution is 2.27. The summed E-state index contributed by atoms with van der Waals surface area (Å²) >= 11 is 0. The van der Waals surface area contributed by atoms with Crippen LogP contribution in [0.5, 0.6) is 11.5 Å². The molecule has 7 heteroatoms. The Morgan fingerprint density at radius 3 is 2.71 bits per heavy atom. The fraction of sp³-hybridized carbons (Fsp3) is 0.238. The summed E-state index contributed by atoms with van der Waals surface area (Å²) in [4.78, 5) is 8.56. The average Bonchev–Trinajstić information content (AvgIpc) is 3.27. The van der Waals surface area contributed by atoms with E-state index < -0.39 is 0 Å². The molecule has 0 saturated heterocycles. The van der Waals surface area contributed by atoms with Gasteiger partial charge < -0.3 is 25.1 Å². The van der Waals surface area contributed by atoms with E-state index in [9.17, 15) is 0 Å². The Hall–Kier alpha value is -3.48. The molecule has 146 valence electrons. The molecule has 0 atom stereocenters. The summed E-state index contributed by atoms with van der Waals surface area (Å²) in [5.74, 6) is 1.86. The van der Waals surface area contributed by atoms with Crippen molar-refractivity contribution in [1.29, 1.82) is 0 Å². The van der Waals surface area contributed by atoms with E-state index in [4.69, 9.17) is 15.2 Å². The lowest BCUT2D eigenvalue weighted by Gasteiger charge is -2.11. The summed E-state index contributed by atoms with van der Waals surface area (Å²) in [6, 6.07) is 13.9. The number of hydrogen-bond donors (Lipinski definition) is 2. The topological polar surface area (TPSA) is 86.7 Å². The fourth-order valence-electron chi connectivity index (χ4n) is 2.90. The van der Waals surface area contributed by atoms with Gasteiger partial charge in [0.05, 0.1) is 32.8 Å². The molecule has 0 aliphatic rings. The van der Waals surface area contributed by atoms with Gasteiger partial charge in [0.15, 0.2) is 17.5 Å². The van der Waals surface area contributed by atoms with Crippen molar-refractivity contribution in [2.45, 2.75) is 13.0 Å². The van der Waals surface area contributed by atoms with Gasteiger partial charge in [-0.15, -0.1) is 0 Å². The van der Waals surface area contributed by atoms with E-state index in [-0.39, 0.29) is 0 Å². The maximum Gasteiger partial charge on any atom is 0.188 e. The number of imidazole rings is 1. The first-order valence-electron chi connectivity index (χ1n) is 9.02. The minimum Gasteiger partial charge on any atom is -0.493 e. The van der Waals surface area contributed by atoms with Gasteiger partial charge in [-0.3, -0.25) is 0 Å². The van der Waals surface area contributed by atoms with Crippen molar-refractivity contribution in [2.24, 2.45) is 10.7 Å². The monoisotopic (exact) mass is 379 g/mol. The third-order valence-corrected chi connectivity index (χ3v) is 4.36. The Balaban J connectivity index is 1.56. The Labute approximate surface area is 164 Å². The van der Waals surface area contributed by atoms with Gasteiger partial charge >= 0.3 is 0 Å². The molecule has 0 bridgehead atoms. The van der Waals surface area contributed by atoms with Gasteiger partial charge in [-0.1, -0.05) is 24.3 Å². The van der Waals surface area contributed by atoms with Crippen molar-refractivity contribution in [2.75, 3.05) is 20.8 Å². The van der Waals surface area contributed by atoms with E-state index in [2.05, 4.69) is 15.3 Å². The van der Waals surface area contributed by atoms with Crippen LogP contribution in [0.1, 0.15) is 11.1 Å². The lowest BCUT2D eigenvalue weighted by molar-refractivity contribution is 0.354. The number of nitrogens with one attached hydrogen (secondary N) is 1. The molecule has 28 heavy (non-hydrogen) atoms. The zero-order valence-corrected chi connectivity index (χ0v) is 16.1. The number of benzene rings is 2. The molecule has 3 N–H and O–H groups in total. The maximum atomic E-state index is 6.03. The van der Waals surface area contributed by atoms with Crippen molar-refractivity contribution >= 4 is 5.96 Å². The Kier molecular flexibility index (Phi) is 6.51. The third kappa shape index (κ3) is 4.82. The zero-order chi connectivity index (χ0) is 19.8. The SMILES string of the molecule is COc1ccc(CCNC(N)=NCc2ccccc2-n2ccnc2)cc1OC. The molecule has 0 radical (unpaired) electrons. The van der Waals surface area contributed by atoms with Crippen LogP contribution in [0.4, 0.5) is 0 Å². The predicted molar refractivity (Wildman–Crippen MR) is 110 cm³/mol. The van der Waals surface area contributed by atoms with Gasteiger partial charge in [0, 0.05) is 18.9 Å². The fourth-order valence-corrected chi connectivity index (χ4v) is 2.90. The van der Waals surface area contributed by atoms with Gasteiger partial charge in [0.2, 0.25) is 0 Å². The van der Waals surface area contributed by atoms with Crippen LogP contribution in [0.3, 0.4) is 0 Å². The highest BCUT2D eigenvalue weighted by molar-refractivity contribution is 5.77. The van der Waals surface area contributed by atoms with Crippen LogP contribution >= 0.6 is 0 Å². The molecular weight excluding hydrogens is 354 g/mol. The number of aromatic nitrogens is 2. The van der Waals surface area contributed by atoms with Crippen LogP contribution in [-0.2, 0) is 13.0 Å². The van der Waals surface area contributed by atoms with Gasteiger partial charge in [0.1, 0.15) is 0 Å². The van der Waals surface area contributed by atoms with E-state index in [1.54, 1.807) is 26.7 Å². The first kappa shape index (κ1) is 19.3. The molecule has 0 fully saturated rings. The second-order valence-electron chi connectivity index (χ2n) is 6.17. The first-order valence-corrected chi connectivity index (χ1v) is 9.02. The number of methoxy groups -OCH3 is 2. The minimum absolute atomic E-state index is 0.418. The average molecular weight is 379 g/mol. The van der Waals surface area contributed by atoms with Crippen molar-refractivity contribution in [1.82, 2.24) is 14.9 Å². The normalized spacial score (nSPS) is 11.3. The number of ether oxygens (including phenoxy) is 2. The maximum absolute atomic E-state index is 6.03. The highest BCUT2D eigenvalue weighted by Gasteiger charge is 2.05. The molecule has 3 aromatic rings. The number of nitrogens with zero attached hydrogens (tertiary/aromatic N) is 3. The molecule has 0 amide bonds. The molecular formula is C21H25N5O2. The number of rotatable bonds is 8. The lowest BCUT2D eigenvalue weighted by Crippen LogP contribution is -2.33. The molecule has 1 heterocycles. The molecule has 2 aromatic carbocycles. The standard InChI is InChI=1S/C21H25N5O2/c1-27-19-8-7-16(13-20(19)28-2)9-10-24-21(22)25-14-17-5-3-4-6-18(17)26-12-11-23-15-26/h3-8,11-13,15H,9-10,14H2,1-2H3,(H3,22,24,25). The highest BCUT2D eigenvalue weighted by atomic mass is 16.5. The second kappa shape index (κ2) is 9.45. The summed E-state index contributed by atoms with van der Waals surface area (Å²) in [5, 5.41) is 3.16. The molecule has 0 saturated carbocycles. The molecule has 0 spiro atoms. The Morgan fingerprint density at radius 2 is 1.96 bits per heavy atom. The summed E-state index contributed by atoms with van der Waals surface area (Å²) in [7, 11) is 3.26. The Morgan fingerprint density at radius 1 is 1.14 bits per heavy atom. The number of para-hydroxylation sites is 1. The van der Waals surface area contributed by atoms with E-state index in [1.807, 2.05) is 53.2 Å². The van der Waals surface area contributed by atoms with Gasteiger partial charge in [-0.2, -0.15) is 0 Å². The van der Waals surface area contributed by atoms with Crippen molar-refractivity contribution in [3.63, 3.8) is 0 Å². The van der Waals surface area contributed by atoms with Crippen molar-refractivity contribution in [3.8, 4) is 17.2 Å². The number of guanidine groups is 1. The molecule has 0 aliphatic heterocycles. The van der Waals surface area contributed by atoms with E-state index >= 15 is 0 Å². The van der Waals surface area contributed by atoms with Crippen LogP contribution in [0.25, 0.3) is 5.69 Å². The third-order valence-electron chi connectivity index (χ3n) is 4.36. The number of hydrogen-bond acceptors (Lipinski definition) is 4. The summed E-state index contributed by atoms with van der Waals surface area (Å²) < 4.78 is 12.6. The number of aliphatic imine (C=N–C) groups is 1. The first-order chi connectivity index (χ1) is 13.7. The predicted octanol–water partition coefficient (Wildman–Crippen LogP) is 2.54.